The van der Waals surface area contributed by atoms with Crippen LogP contribution in [0.1, 0.15) is 312 Å². The molecule has 0 saturated carbocycles. The lowest BCUT2D eigenvalue weighted by molar-refractivity contribution is -0.127. The second-order valence-electron chi connectivity index (χ2n) is 40.1. The van der Waals surface area contributed by atoms with E-state index in [-0.39, 0.29) is 78.5 Å². The summed E-state index contributed by atoms with van der Waals surface area (Å²) in [7, 11) is -0.856. The molecule has 26 heteroatoms. The van der Waals surface area contributed by atoms with Gasteiger partial charge in [-0.15, -0.1) is 0 Å². The number of allylic oxidation sites excluding steroid dienone is 1. The average molecular weight is 1630 g/mol. The van der Waals surface area contributed by atoms with Crippen LogP contribution in [0, 0.1) is 61.0 Å². The van der Waals surface area contributed by atoms with Gasteiger partial charge in [-0.1, -0.05) is 253 Å². The summed E-state index contributed by atoms with van der Waals surface area (Å²) in [5.41, 5.74) is 11.0. The summed E-state index contributed by atoms with van der Waals surface area (Å²) in [6.45, 7) is 85.8. The number of benzene rings is 1. The SMILES string of the molecule is C.C=C1CC(C(C)(C)C)=NO1.C=C1NC(=O)C(C(C)(C)C)O1.CC(C)(C)C1=NN=CC1.CC(C)(C)P(C)(=O)O.CC(C)(C)c1cncn1O.CC(C)(C)c1cncn1O.CC1=NCC(C(C)(C)C)=N1.Cc1c(F)cc(C(C)(C)C)cc1F.Cc1cc(C(C)(C)C)n(C)n1.Cc1cc(C(C)(C)C)on1.Cc1cocc(C(C)(C)C)c1=O. The molecule has 650 valence electrons. The number of hydrogen-bond acceptors (Lipinski definition) is 18. The van der Waals surface area contributed by atoms with Crippen molar-refractivity contribution in [1.29, 1.82) is 0 Å². The van der Waals surface area contributed by atoms with E-state index in [2.05, 4.69) is 174 Å². The number of carbonyl (C=O) groups excluding carboxylic acids is 1. The van der Waals surface area contributed by atoms with Crippen molar-refractivity contribution in [2.75, 3.05) is 13.2 Å². The minimum Gasteiger partial charge on any atom is -0.472 e. The highest BCUT2D eigenvalue weighted by atomic mass is 31.2. The van der Waals surface area contributed by atoms with Crippen molar-refractivity contribution in [2.45, 2.75) is 327 Å². The Morgan fingerprint density at radius 3 is 1.24 bits per heavy atom. The monoisotopic (exact) mass is 1630 g/mol. The van der Waals surface area contributed by atoms with Crippen LogP contribution < -0.4 is 10.7 Å². The number of hydrogen-bond donors (Lipinski definition) is 4. The number of nitrogens with zero attached hydrogens (tertiary/aromatic N) is 12. The molecular formula is C89H150F2N13O10P. The highest BCUT2D eigenvalue weighted by Gasteiger charge is 2.39. The maximum atomic E-state index is 13.1. The molecule has 2 atom stereocenters. The van der Waals surface area contributed by atoms with Crippen molar-refractivity contribution in [3.05, 3.63) is 165 Å². The minimum absolute atomic E-state index is 0. The van der Waals surface area contributed by atoms with Crippen LogP contribution in [-0.4, -0.2) is 109 Å². The number of aryl methyl sites for hydroxylation is 4. The topological polar surface area (TPSA) is 297 Å². The van der Waals surface area contributed by atoms with Crippen molar-refractivity contribution >= 4 is 42.5 Å². The van der Waals surface area contributed by atoms with Crippen molar-refractivity contribution in [3.63, 3.8) is 0 Å². The Morgan fingerprint density at radius 1 is 0.591 bits per heavy atom. The van der Waals surface area contributed by atoms with E-state index in [9.17, 15) is 22.9 Å². The van der Waals surface area contributed by atoms with E-state index >= 15 is 0 Å². The normalized spacial score (nSPS) is 15.3. The van der Waals surface area contributed by atoms with Gasteiger partial charge in [-0.25, -0.2) is 23.7 Å². The van der Waals surface area contributed by atoms with Crippen LogP contribution in [0.15, 0.2) is 126 Å². The van der Waals surface area contributed by atoms with Crippen LogP contribution in [0.5, 0.6) is 0 Å². The molecule has 6 aromatic rings. The lowest BCUT2D eigenvalue weighted by Gasteiger charge is -2.22. The fraction of sp³-hybridized carbons (Fsp3) is 0.629. The van der Waals surface area contributed by atoms with Gasteiger partial charge < -0.3 is 33.8 Å². The quantitative estimate of drug-likeness (QED) is 0.0812. The Hall–Kier alpha value is -8.44. The molecule has 10 rings (SSSR count). The first-order valence-corrected chi connectivity index (χ1v) is 40.6. The molecule has 1 aromatic carbocycles. The number of imidazole rings is 2. The Kier molecular flexibility index (Phi) is 40.7. The molecular weight excluding hydrogens is 1480 g/mol. The number of amides is 1. The van der Waals surface area contributed by atoms with E-state index in [0.717, 1.165) is 80.3 Å². The third kappa shape index (κ3) is 39.8. The minimum atomic E-state index is -2.85. The summed E-state index contributed by atoms with van der Waals surface area (Å²) in [6, 6.07) is 6.91. The third-order valence-electron chi connectivity index (χ3n) is 17.2. The molecule has 4 aliphatic rings. The summed E-state index contributed by atoms with van der Waals surface area (Å²) in [5, 5.41) is 40.1. The van der Waals surface area contributed by atoms with Gasteiger partial charge in [0.05, 0.1) is 72.1 Å². The zero-order valence-corrected chi connectivity index (χ0v) is 78.1. The maximum Gasteiger partial charge on any atom is 0.268 e. The molecule has 1 amide bonds. The summed E-state index contributed by atoms with van der Waals surface area (Å²) in [6.07, 6.45) is 12.3. The van der Waals surface area contributed by atoms with E-state index in [0.29, 0.717) is 17.0 Å². The molecule has 0 radical (unpaired) electrons. The van der Waals surface area contributed by atoms with Crippen LogP contribution in [0.2, 0.25) is 0 Å². The maximum absolute atomic E-state index is 13.1. The Morgan fingerprint density at radius 2 is 1.04 bits per heavy atom. The molecule has 9 heterocycles. The van der Waals surface area contributed by atoms with Crippen LogP contribution in [0.25, 0.3) is 0 Å². The molecule has 23 nitrogen and oxygen atoms in total. The Balaban J connectivity index is 0. The number of nitrogens with one attached hydrogen (secondary N) is 1. The highest BCUT2D eigenvalue weighted by molar-refractivity contribution is 7.58. The van der Waals surface area contributed by atoms with Crippen molar-refractivity contribution in [3.8, 4) is 0 Å². The Labute approximate surface area is 690 Å². The predicted octanol–water partition coefficient (Wildman–Crippen LogP) is 22.4. The van der Waals surface area contributed by atoms with Gasteiger partial charge in [-0.05, 0) is 75.8 Å². The first-order valence-electron chi connectivity index (χ1n) is 38.5. The summed E-state index contributed by atoms with van der Waals surface area (Å²) in [4.78, 5) is 52.6. The van der Waals surface area contributed by atoms with E-state index in [4.69, 9.17) is 33.8 Å². The molecule has 5 aromatic heterocycles. The largest absolute Gasteiger partial charge is 0.472 e. The predicted molar refractivity (Wildman–Crippen MR) is 471 cm³/mol. The van der Waals surface area contributed by atoms with Crippen molar-refractivity contribution < 1.29 is 52.0 Å². The van der Waals surface area contributed by atoms with Crippen molar-refractivity contribution in [1.82, 2.24) is 39.7 Å². The molecule has 4 N–H and O–H groups in total. The number of aromatic nitrogens is 7. The molecule has 0 aliphatic carbocycles. The van der Waals surface area contributed by atoms with Gasteiger partial charge in [-0.2, -0.15) is 24.8 Å². The van der Waals surface area contributed by atoms with E-state index in [1.165, 1.54) is 68.0 Å². The van der Waals surface area contributed by atoms with E-state index in [1.807, 2.05) is 149 Å². The van der Waals surface area contributed by atoms with Gasteiger partial charge in [0.25, 0.3) is 5.91 Å². The molecule has 0 spiro atoms. The van der Waals surface area contributed by atoms with Gasteiger partial charge >= 0.3 is 0 Å². The second kappa shape index (κ2) is 43.1. The summed E-state index contributed by atoms with van der Waals surface area (Å²) in [5.74, 6) is 1.95. The number of aliphatic imine (C=N–C) groups is 2. The van der Waals surface area contributed by atoms with Crippen LogP contribution >= 0.6 is 7.37 Å². The number of halogens is 2. The molecule has 0 bridgehead atoms. The first kappa shape index (κ1) is 109. The van der Waals surface area contributed by atoms with Gasteiger partial charge in [0.2, 0.25) is 7.37 Å². The zero-order chi connectivity index (χ0) is 89.7. The van der Waals surface area contributed by atoms with Crippen LogP contribution in [-0.2, 0) is 58.5 Å². The van der Waals surface area contributed by atoms with Gasteiger partial charge in [0.1, 0.15) is 41.6 Å². The first-order chi connectivity index (χ1) is 51.0. The number of ether oxygens (including phenoxy) is 1. The van der Waals surface area contributed by atoms with Crippen LogP contribution in [0.4, 0.5) is 8.78 Å². The number of rotatable bonds is 0. The van der Waals surface area contributed by atoms with Gasteiger partial charge in [0.15, 0.2) is 17.4 Å². The molecule has 1 fully saturated rings. The van der Waals surface area contributed by atoms with E-state index < -0.39 is 30.3 Å². The lowest BCUT2D eigenvalue weighted by Crippen LogP contribution is -2.34. The average Bonchev–Trinajstić information content (AvgIpc) is 1.39. The molecule has 115 heavy (non-hydrogen) atoms. The van der Waals surface area contributed by atoms with E-state index in [1.54, 1.807) is 40.1 Å². The smallest absolute Gasteiger partial charge is 0.268 e. The molecule has 1 saturated heterocycles. The lowest BCUT2D eigenvalue weighted by atomic mass is 9.86. The fourth-order valence-electron chi connectivity index (χ4n) is 9.17. The summed E-state index contributed by atoms with van der Waals surface area (Å²) >= 11 is 0. The number of oxime groups is 1. The summed E-state index contributed by atoms with van der Waals surface area (Å²) < 4.78 is 56.4. The number of carbonyl (C=O) groups is 1. The number of amidine groups is 1. The standard InChI is InChI=1S/C11H14F2.C10H14O2.C9H16N2.C8H14N2.C8H13NO2.2C8H13NO.2C7H12N2O.C7H12N2.C5H13O2P.CH4/c1-7-9(12)5-8(6-10(7)13)11(2,3)4;1-7-5-12-6-8(9(7)11)10(2,3)4;1-7-6-8(9(2,3)4)11(5)10-7;1-6-9-5-7(10-6)8(2,3)4;1-5-9-7(10)6(11-5)8(2,3)4;1-6-5-7(9-10-6)8(2,3)4;1-6-5-7(10-9-6)8(2,3)4;2*1-7(2,3)6-4-8-5-9(6)10;1-7(2,3)6-4-5-8-9-6;1-5(2,3)8(4,6)7;/h5-6H,1-4H3;5-6H,1-4H3;6H,1-5H3;5H2,1-4H3;6H,1H2,2-4H3,(H,9,10);1,5H2,2-4H3;5H,1-4H3;2*4-5,10H,1-3H3;5H,4H2,1-3H3;1-4H3,(H,6,7);1H4. The van der Waals surface area contributed by atoms with Crippen molar-refractivity contribution in [2.24, 2.45) is 54.1 Å². The molecule has 4 aliphatic heterocycles. The van der Waals surface area contributed by atoms with Gasteiger partial charge in [-0.3, -0.25) is 29.1 Å². The molecule has 2 unspecified atom stereocenters. The van der Waals surface area contributed by atoms with Crippen LogP contribution in [0.3, 0.4) is 0 Å². The Bertz CT molecular complexity index is 4260. The third-order valence-corrected chi connectivity index (χ3v) is 19.7. The zero-order valence-electron chi connectivity index (χ0n) is 77.2. The highest BCUT2D eigenvalue weighted by Crippen LogP contribution is 2.50. The fourth-order valence-corrected chi connectivity index (χ4v) is 9.17. The van der Waals surface area contributed by atoms with Gasteiger partial charge in [0, 0.05) is 109 Å². The second-order valence-corrected chi connectivity index (χ2v) is 43.2.